The standard InChI is InChI=1S/C15H13F3N2O3/c1-8-19-20-13(22-8)10-4-6-11(7-5-10)14(21)23-12(9-2-3-9)15(16,17)18/h4-7,9,12H,2-3H2,1H3/t12-/m0/s1. The van der Waals surface area contributed by atoms with Crippen molar-refractivity contribution in [3.63, 3.8) is 0 Å². The highest BCUT2D eigenvalue weighted by atomic mass is 19.4. The van der Waals surface area contributed by atoms with E-state index < -0.39 is 24.2 Å². The summed E-state index contributed by atoms with van der Waals surface area (Å²) in [5, 5.41) is 7.50. The third kappa shape index (κ3) is 3.52. The van der Waals surface area contributed by atoms with Crippen LogP contribution in [0.4, 0.5) is 13.2 Å². The molecule has 1 heterocycles. The summed E-state index contributed by atoms with van der Waals surface area (Å²) in [4.78, 5) is 11.9. The van der Waals surface area contributed by atoms with Crippen molar-refractivity contribution in [2.45, 2.75) is 32.0 Å². The molecule has 0 bridgehead atoms. The van der Waals surface area contributed by atoms with Gasteiger partial charge in [0, 0.05) is 18.4 Å². The average molecular weight is 326 g/mol. The maximum Gasteiger partial charge on any atom is 0.425 e. The second-order valence-corrected chi connectivity index (χ2v) is 5.41. The summed E-state index contributed by atoms with van der Waals surface area (Å²) in [5.41, 5.74) is 0.608. The Labute approximate surface area is 129 Å². The van der Waals surface area contributed by atoms with Crippen molar-refractivity contribution in [1.29, 1.82) is 0 Å². The third-order valence-corrected chi connectivity index (χ3v) is 3.50. The van der Waals surface area contributed by atoms with Crippen LogP contribution in [0.2, 0.25) is 0 Å². The van der Waals surface area contributed by atoms with Crippen molar-refractivity contribution >= 4 is 5.97 Å². The Morgan fingerprint density at radius 1 is 1.26 bits per heavy atom. The summed E-state index contributed by atoms with van der Waals surface area (Å²) in [6.45, 7) is 1.64. The maximum atomic E-state index is 12.9. The Hall–Kier alpha value is -2.38. The molecule has 0 amide bonds. The van der Waals surface area contributed by atoms with Gasteiger partial charge in [0.25, 0.3) is 0 Å². The molecule has 0 N–H and O–H groups in total. The molecule has 0 radical (unpaired) electrons. The zero-order chi connectivity index (χ0) is 16.6. The van der Waals surface area contributed by atoms with E-state index in [9.17, 15) is 18.0 Å². The fourth-order valence-corrected chi connectivity index (χ4v) is 2.17. The van der Waals surface area contributed by atoms with Crippen molar-refractivity contribution in [1.82, 2.24) is 10.2 Å². The minimum atomic E-state index is -4.54. The van der Waals surface area contributed by atoms with Crippen molar-refractivity contribution in [3.05, 3.63) is 35.7 Å². The molecule has 0 saturated heterocycles. The number of alkyl halides is 3. The number of benzene rings is 1. The van der Waals surface area contributed by atoms with Gasteiger partial charge in [-0.25, -0.2) is 4.79 Å². The Bertz CT molecular complexity index is 706. The molecular formula is C15H13F3N2O3. The van der Waals surface area contributed by atoms with Crippen LogP contribution in [0.3, 0.4) is 0 Å². The van der Waals surface area contributed by atoms with E-state index in [4.69, 9.17) is 4.42 Å². The highest BCUT2D eigenvalue weighted by molar-refractivity contribution is 5.90. The molecule has 1 saturated carbocycles. The molecule has 0 aliphatic heterocycles. The van der Waals surface area contributed by atoms with E-state index >= 15 is 0 Å². The second-order valence-electron chi connectivity index (χ2n) is 5.41. The lowest BCUT2D eigenvalue weighted by molar-refractivity contribution is -0.210. The van der Waals surface area contributed by atoms with Gasteiger partial charge in [-0.3, -0.25) is 0 Å². The number of rotatable bonds is 4. The molecule has 1 aromatic carbocycles. The number of ether oxygens (including phenoxy) is 1. The van der Waals surface area contributed by atoms with Crippen molar-refractivity contribution < 1.29 is 27.1 Å². The smallest absolute Gasteiger partial charge is 0.425 e. The van der Waals surface area contributed by atoms with Crippen molar-refractivity contribution in [3.8, 4) is 11.5 Å². The maximum absolute atomic E-state index is 12.9. The molecule has 0 spiro atoms. The third-order valence-electron chi connectivity index (χ3n) is 3.50. The molecule has 23 heavy (non-hydrogen) atoms. The lowest BCUT2D eigenvalue weighted by Crippen LogP contribution is -2.35. The van der Waals surface area contributed by atoms with Gasteiger partial charge in [-0.1, -0.05) is 0 Å². The fourth-order valence-electron chi connectivity index (χ4n) is 2.17. The van der Waals surface area contributed by atoms with Gasteiger partial charge in [0.1, 0.15) is 0 Å². The fraction of sp³-hybridized carbons (Fsp3) is 0.400. The first-order chi connectivity index (χ1) is 10.8. The average Bonchev–Trinajstić information content (AvgIpc) is 3.24. The van der Waals surface area contributed by atoms with Gasteiger partial charge in [0.2, 0.25) is 11.8 Å². The summed E-state index contributed by atoms with van der Waals surface area (Å²) >= 11 is 0. The van der Waals surface area contributed by atoms with Crippen LogP contribution in [0.5, 0.6) is 0 Å². The SMILES string of the molecule is Cc1nnc(-c2ccc(C(=O)O[C@@H](C3CC3)C(F)(F)F)cc2)o1. The van der Waals surface area contributed by atoms with E-state index in [1.54, 1.807) is 6.92 Å². The topological polar surface area (TPSA) is 65.2 Å². The van der Waals surface area contributed by atoms with Crippen LogP contribution < -0.4 is 0 Å². The molecule has 2 aromatic rings. The van der Waals surface area contributed by atoms with Gasteiger partial charge >= 0.3 is 12.1 Å². The van der Waals surface area contributed by atoms with Crippen LogP contribution in [0, 0.1) is 12.8 Å². The number of hydrogen-bond donors (Lipinski definition) is 0. The van der Waals surface area contributed by atoms with E-state index in [0.717, 1.165) is 0 Å². The summed E-state index contributed by atoms with van der Waals surface area (Å²) in [6, 6.07) is 5.78. The Morgan fingerprint density at radius 2 is 1.91 bits per heavy atom. The number of nitrogens with zero attached hydrogens (tertiary/aromatic N) is 2. The number of aromatic nitrogens is 2. The van der Waals surface area contributed by atoms with Gasteiger partial charge in [0.15, 0.2) is 6.10 Å². The Morgan fingerprint density at radius 3 is 2.39 bits per heavy atom. The quantitative estimate of drug-likeness (QED) is 0.804. The molecule has 5 nitrogen and oxygen atoms in total. The number of halogens is 3. The van der Waals surface area contributed by atoms with Gasteiger partial charge in [0.05, 0.1) is 5.56 Å². The van der Waals surface area contributed by atoms with E-state index in [2.05, 4.69) is 14.9 Å². The summed E-state index contributed by atoms with van der Waals surface area (Å²) in [7, 11) is 0. The predicted molar refractivity (Wildman–Crippen MR) is 72.5 cm³/mol. The predicted octanol–water partition coefficient (Wildman–Crippen LogP) is 3.54. The van der Waals surface area contributed by atoms with Crippen LogP contribution in [0.1, 0.15) is 29.1 Å². The lowest BCUT2D eigenvalue weighted by atomic mass is 10.1. The molecule has 1 atom stereocenters. The van der Waals surface area contributed by atoms with Gasteiger partial charge in [-0.05, 0) is 37.1 Å². The second kappa shape index (κ2) is 5.68. The first kappa shape index (κ1) is 15.5. The Kier molecular flexibility index (Phi) is 3.83. The molecule has 8 heteroatoms. The monoisotopic (exact) mass is 326 g/mol. The molecule has 3 rings (SSSR count). The van der Waals surface area contributed by atoms with Crippen LogP contribution in [0.25, 0.3) is 11.5 Å². The number of esters is 1. The highest BCUT2D eigenvalue weighted by Gasteiger charge is 2.51. The van der Waals surface area contributed by atoms with E-state index in [1.165, 1.54) is 24.3 Å². The largest absolute Gasteiger partial charge is 0.449 e. The van der Waals surface area contributed by atoms with Gasteiger partial charge < -0.3 is 9.15 Å². The number of carbonyl (C=O) groups excluding carboxylic acids is 1. The molecule has 1 fully saturated rings. The van der Waals surface area contributed by atoms with Gasteiger partial charge in [-0.15, -0.1) is 10.2 Å². The molecular weight excluding hydrogens is 313 g/mol. The normalized spacial score (nSPS) is 16.2. The molecule has 1 aromatic heterocycles. The molecule has 122 valence electrons. The first-order valence-corrected chi connectivity index (χ1v) is 7.03. The minimum Gasteiger partial charge on any atom is -0.449 e. The number of hydrogen-bond acceptors (Lipinski definition) is 5. The summed E-state index contributed by atoms with van der Waals surface area (Å²) < 4.78 is 48.5. The van der Waals surface area contributed by atoms with Crippen LogP contribution in [-0.4, -0.2) is 28.4 Å². The zero-order valence-electron chi connectivity index (χ0n) is 12.1. The number of carbonyl (C=O) groups is 1. The van der Waals surface area contributed by atoms with Crippen molar-refractivity contribution in [2.24, 2.45) is 5.92 Å². The molecule has 1 aliphatic rings. The van der Waals surface area contributed by atoms with E-state index in [1.807, 2.05) is 0 Å². The minimum absolute atomic E-state index is 0.0416. The zero-order valence-corrected chi connectivity index (χ0v) is 12.1. The highest BCUT2D eigenvalue weighted by Crippen LogP contribution is 2.42. The van der Waals surface area contributed by atoms with Crippen molar-refractivity contribution in [2.75, 3.05) is 0 Å². The van der Waals surface area contributed by atoms with Crippen LogP contribution in [0.15, 0.2) is 28.7 Å². The summed E-state index contributed by atoms with van der Waals surface area (Å²) in [5.74, 6) is -0.957. The van der Waals surface area contributed by atoms with Gasteiger partial charge in [-0.2, -0.15) is 13.2 Å². The Balaban J connectivity index is 1.72. The first-order valence-electron chi connectivity index (χ1n) is 7.03. The lowest BCUT2D eigenvalue weighted by Gasteiger charge is -2.20. The number of aryl methyl sites for hydroxylation is 1. The molecule has 1 aliphatic carbocycles. The van der Waals surface area contributed by atoms with Crippen LogP contribution in [-0.2, 0) is 4.74 Å². The summed E-state index contributed by atoms with van der Waals surface area (Å²) in [6.07, 6.45) is -5.73. The van der Waals surface area contributed by atoms with E-state index in [-0.39, 0.29) is 11.5 Å². The molecule has 0 unspecified atom stereocenters. The van der Waals surface area contributed by atoms with Crippen LogP contribution >= 0.6 is 0 Å². The van der Waals surface area contributed by atoms with E-state index in [0.29, 0.717) is 24.3 Å².